The number of nitrogens with two attached hydrogens (primary N) is 1. The second-order valence-corrected chi connectivity index (χ2v) is 4.48. The summed E-state index contributed by atoms with van der Waals surface area (Å²) in [5.41, 5.74) is 6.78. The quantitative estimate of drug-likeness (QED) is 0.637. The molecule has 3 rings (SSSR count). The van der Waals surface area contributed by atoms with Crippen molar-refractivity contribution in [2.24, 2.45) is 10.7 Å². The predicted molar refractivity (Wildman–Crippen MR) is 73.7 cm³/mol. The van der Waals surface area contributed by atoms with Crippen LogP contribution in [0.15, 0.2) is 35.3 Å². The van der Waals surface area contributed by atoms with Gasteiger partial charge in [-0.05, 0) is 18.6 Å². The third-order valence-corrected chi connectivity index (χ3v) is 3.12. The Labute approximate surface area is 111 Å². The van der Waals surface area contributed by atoms with Crippen molar-refractivity contribution in [2.45, 2.75) is 25.9 Å². The lowest BCUT2D eigenvalue weighted by Crippen LogP contribution is -2.22. The highest BCUT2D eigenvalue weighted by Gasteiger charge is 2.16. The fourth-order valence-corrected chi connectivity index (χ4v) is 2.19. The predicted octanol–water partition coefficient (Wildman–Crippen LogP) is 1.15. The van der Waals surface area contributed by atoms with Gasteiger partial charge in [-0.15, -0.1) is 10.2 Å². The average Bonchev–Trinajstić information content (AvgIpc) is 3.01. The van der Waals surface area contributed by atoms with Gasteiger partial charge in [-0.25, -0.2) is 4.99 Å². The SMILES string of the molecule is NC(=NCc1nnc2n1CCC2)Nc1ccccc1. The summed E-state index contributed by atoms with van der Waals surface area (Å²) in [6, 6.07) is 9.73. The second-order valence-electron chi connectivity index (χ2n) is 4.48. The van der Waals surface area contributed by atoms with Gasteiger partial charge < -0.3 is 15.6 Å². The van der Waals surface area contributed by atoms with E-state index in [2.05, 4.69) is 25.1 Å². The summed E-state index contributed by atoms with van der Waals surface area (Å²) < 4.78 is 2.12. The van der Waals surface area contributed by atoms with Crippen LogP contribution in [0.2, 0.25) is 0 Å². The molecular weight excluding hydrogens is 240 g/mol. The van der Waals surface area contributed by atoms with Crippen molar-refractivity contribution in [2.75, 3.05) is 5.32 Å². The normalized spacial score (nSPS) is 14.4. The van der Waals surface area contributed by atoms with Crippen LogP contribution in [0, 0.1) is 0 Å². The molecule has 0 spiro atoms. The van der Waals surface area contributed by atoms with E-state index >= 15 is 0 Å². The molecule has 2 heterocycles. The van der Waals surface area contributed by atoms with Crippen LogP contribution in [0.25, 0.3) is 0 Å². The molecule has 0 radical (unpaired) electrons. The number of hydrogen-bond acceptors (Lipinski definition) is 3. The summed E-state index contributed by atoms with van der Waals surface area (Å²) in [4.78, 5) is 4.30. The molecule has 1 aromatic carbocycles. The summed E-state index contributed by atoms with van der Waals surface area (Å²) in [7, 11) is 0. The standard InChI is InChI=1S/C13H16N6/c14-13(16-10-5-2-1-3-6-10)15-9-12-18-17-11-7-4-8-19(11)12/h1-3,5-6H,4,7-9H2,(H3,14,15,16). The van der Waals surface area contributed by atoms with E-state index in [1.807, 2.05) is 30.3 Å². The van der Waals surface area contributed by atoms with Crippen molar-refractivity contribution < 1.29 is 0 Å². The van der Waals surface area contributed by atoms with Gasteiger partial charge in [0.25, 0.3) is 0 Å². The topological polar surface area (TPSA) is 81.1 Å². The molecule has 0 saturated carbocycles. The number of nitrogens with zero attached hydrogens (tertiary/aromatic N) is 4. The van der Waals surface area contributed by atoms with E-state index in [9.17, 15) is 0 Å². The number of guanidine groups is 1. The highest BCUT2D eigenvalue weighted by atomic mass is 15.3. The van der Waals surface area contributed by atoms with Crippen LogP contribution in [0.3, 0.4) is 0 Å². The monoisotopic (exact) mass is 256 g/mol. The van der Waals surface area contributed by atoms with E-state index in [4.69, 9.17) is 5.73 Å². The Bertz CT molecular complexity index is 586. The number of fused-ring (bicyclic) bond motifs is 1. The van der Waals surface area contributed by atoms with E-state index in [-0.39, 0.29) is 0 Å². The summed E-state index contributed by atoms with van der Waals surface area (Å²) in [6.07, 6.45) is 2.15. The average molecular weight is 256 g/mol. The minimum atomic E-state index is 0.390. The van der Waals surface area contributed by atoms with E-state index in [0.29, 0.717) is 12.5 Å². The van der Waals surface area contributed by atoms with E-state index < -0.39 is 0 Å². The molecule has 1 aromatic heterocycles. The Balaban J connectivity index is 1.65. The van der Waals surface area contributed by atoms with Crippen LogP contribution in [-0.2, 0) is 19.5 Å². The summed E-state index contributed by atoms with van der Waals surface area (Å²) in [5, 5.41) is 11.3. The van der Waals surface area contributed by atoms with Crippen LogP contribution >= 0.6 is 0 Å². The van der Waals surface area contributed by atoms with Crippen molar-refractivity contribution in [1.29, 1.82) is 0 Å². The second kappa shape index (κ2) is 5.09. The molecule has 6 heteroatoms. The molecular formula is C13H16N6. The van der Waals surface area contributed by atoms with E-state index in [1.54, 1.807) is 0 Å². The molecule has 0 amide bonds. The molecule has 1 aliphatic heterocycles. The van der Waals surface area contributed by atoms with E-state index in [0.717, 1.165) is 36.7 Å². The highest BCUT2D eigenvalue weighted by molar-refractivity contribution is 5.92. The number of benzene rings is 1. The van der Waals surface area contributed by atoms with Crippen molar-refractivity contribution in [3.05, 3.63) is 42.0 Å². The maximum Gasteiger partial charge on any atom is 0.193 e. The minimum Gasteiger partial charge on any atom is -0.370 e. The largest absolute Gasteiger partial charge is 0.370 e. The minimum absolute atomic E-state index is 0.390. The Kier molecular flexibility index (Phi) is 3.14. The molecule has 6 nitrogen and oxygen atoms in total. The molecule has 0 atom stereocenters. The Morgan fingerprint density at radius 1 is 1.32 bits per heavy atom. The summed E-state index contributed by atoms with van der Waals surface area (Å²) in [6.45, 7) is 1.44. The van der Waals surface area contributed by atoms with Crippen molar-refractivity contribution >= 4 is 11.6 Å². The zero-order valence-electron chi connectivity index (χ0n) is 10.6. The third-order valence-electron chi connectivity index (χ3n) is 3.12. The van der Waals surface area contributed by atoms with Gasteiger partial charge in [0.15, 0.2) is 11.8 Å². The first-order chi connectivity index (χ1) is 9.33. The Hall–Kier alpha value is -2.37. The zero-order chi connectivity index (χ0) is 13.1. The zero-order valence-corrected chi connectivity index (χ0v) is 10.6. The molecule has 3 N–H and O–H groups in total. The molecule has 0 aliphatic carbocycles. The van der Waals surface area contributed by atoms with Crippen LogP contribution in [0.5, 0.6) is 0 Å². The van der Waals surface area contributed by atoms with E-state index in [1.165, 1.54) is 0 Å². The maximum atomic E-state index is 5.85. The Morgan fingerprint density at radius 3 is 3.00 bits per heavy atom. The Morgan fingerprint density at radius 2 is 2.16 bits per heavy atom. The first-order valence-corrected chi connectivity index (χ1v) is 6.36. The molecule has 19 heavy (non-hydrogen) atoms. The molecule has 0 unspecified atom stereocenters. The molecule has 0 saturated heterocycles. The smallest absolute Gasteiger partial charge is 0.193 e. The lowest BCUT2D eigenvalue weighted by Gasteiger charge is -2.05. The summed E-state index contributed by atoms with van der Waals surface area (Å²) in [5.74, 6) is 2.33. The number of rotatable bonds is 3. The highest BCUT2D eigenvalue weighted by Crippen LogP contribution is 2.14. The lowest BCUT2D eigenvalue weighted by molar-refractivity contribution is 0.688. The maximum absolute atomic E-state index is 5.85. The van der Waals surface area contributed by atoms with Crippen LogP contribution in [0.4, 0.5) is 5.69 Å². The first kappa shape index (κ1) is 11.7. The number of para-hydroxylation sites is 1. The van der Waals surface area contributed by atoms with Gasteiger partial charge in [0.05, 0.1) is 0 Å². The molecule has 2 aromatic rings. The van der Waals surface area contributed by atoms with Gasteiger partial charge in [0.1, 0.15) is 12.4 Å². The van der Waals surface area contributed by atoms with Gasteiger partial charge >= 0.3 is 0 Å². The van der Waals surface area contributed by atoms with Gasteiger partial charge in [-0.3, -0.25) is 0 Å². The van der Waals surface area contributed by atoms with Crippen molar-refractivity contribution in [3.63, 3.8) is 0 Å². The lowest BCUT2D eigenvalue weighted by atomic mass is 10.3. The first-order valence-electron chi connectivity index (χ1n) is 6.36. The van der Waals surface area contributed by atoms with Crippen molar-refractivity contribution in [1.82, 2.24) is 14.8 Å². The number of hydrogen-bond donors (Lipinski definition) is 2. The summed E-state index contributed by atoms with van der Waals surface area (Å²) >= 11 is 0. The van der Waals surface area contributed by atoms with Gasteiger partial charge in [0, 0.05) is 18.7 Å². The number of aliphatic imine (C=N–C) groups is 1. The number of anilines is 1. The number of aromatic nitrogens is 3. The van der Waals surface area contributed by atoms with Crippen molar-refractivity contribution in [3.8, 4) is 0 Å². The number of nitrogens with one attached hydrogen (secondary N) is 1. The molecule has 0 fully saturated rings. The van der Waals surface area contributed by atoms with Crippen LogP contribution in [-0.4, -0.2) is 20.7 Å². The van der Waals surface area contributed by atoms with Crippen LogP contribution < -0.4 is 11.1 Å². The fraction of sp³-hybridized carbons (Fsp3) is 0.308. The number of aryl methyl sites for hydroxylation is 1. The fourth-order valence-electron chi connectivity index (χ4n) is 2.19. The molecule has 0 bridgehead atoms. The van der Waals surface area contributed by atoms with Gasteiger partial charge in [0.2, 0.25) is 0 Å². The molecule has 98 valence electrons. The third kappa shape index (κ3) is 2.57. The van der Waals surface area contributed by atoms with Gasteiger partial charge in [-0.2, -0.15) is 0 Å². The molecule has 1 aliphatic rings. The van der Waals surface area contributed by atoms with Gasteiger partial charge in [-0.1, -0.05) is 18.2 Å². The van der Waals surface area contributed by atoms with Crippen LogP contribution in [0.1, 0.15) is 18.1 Å².